The molecule has 1 aromatic heterocycles. The number of pyridine rings is 1. The van der Waals surface area contributed by atoms with E-state index in [1.54, 1.807) is 18.3 Å². The third-order valence-corrected chi connectivity index (χ3v) is 5.34. The molecule has 0 saturated carbocycles. The Morgan fingerprint density at radius 3 is 2.92 bits per heavy atom. The molecule has 0 aliphatic carbocycles. The highest BCUT2D eigenvalue weighted by Gasteiger charge is 2.33. The first kappa shape index (κ1) is 18.4. The highest BCUT2D eigenvalue weighted by Crippen LogP contribution is 2.42. The molecule has 3 rings (SSSR count). The second kappa shape index (κ2) is 7.08. The molecule has 26 heavy (non-hydrogen) atoms. The minimum absolute atomic E-state index is 0.138. The predicted molar refractivity (Wildman–Crippen MR) is 106 cm³/mol. The Kier molecular flexibility index (Phi) is 5.01. The SMILES string of the molecule is CC1CC(C)(C)N(C)c2ccc(/C=N\NC(=O)c3cccnc3Cl)cc21. The van der Waals surface area contributed by atoms with Crippen molar-refractivity contribution in [2.24, 2.45) is 5.10 Å². The molecular weight excluding hydrogens is 348 g/mol. The second-order valence-electron chi connectivity index (χ2n) is 7.34. The fraction of sp³-hybridized carbons (Fsp3) is 0.350. The lowest BCUT2D eigenvalue weighted by atomic mass is 9.80. The Balaban J connectivity index is 1.76. The molecule has 136 valence electrons. The molecule has 0 saturated heterocycles. The van der Waals surface area contributed by atoms with Crippen LogP contribution in [0.4, 0.5) is 5.69 Å². The van der Waals surface area contributed by atoms with Crippen molar-refractivity contribution in [2.45, 2.75) is 38.6 Å². The van der Waals surface area contributed by atoms with Crippen molar-refractivity contribution in [1.82, 2.24) is 10.4 Å². The third-order valence-electron chi connectivity index (χ3n) is 5.04. The normalized spacial score (nSPS) is 18.7. The van der Waals surface area contributed by atoms with Crippen LogP contribution in [0.15, 0.2) is 41.6 Å². The van der Waals surface area contributed by atoms with Gasteiger partial charge in [-0.05, 0) is 61.6 Å². The van der Waals surface area contributed by atoms with Crippen molar-refractivity contribution >= 4 is 29.4 Å². The number of rotatable bonds is 3. The van der Waals surface area contributed by atoms with Crippen LogP contribution in [0.1, 0.15) is 54.6 Å². The van der Waals surface area contributed by atoms with Crippen molar-refractivity contribution < 1.29 is 4.79 Å². The van der Waals surface area contributed by atoms with Gasteiger partial charge in [-0.1, -0.05) is 24.6 Å². The quantitative estimate of drug-likeness (QED) is 0.500. The number of halogens is 1. The number of fused-ring (bicyclic) bond motifs is 1. The molecule has 1 aliphatic heterocycles. The van der Waals surface area contributed by atoms with Gasteiger partial charge < -0.3 is 4.90 Å². The average molecular weight is 371 g/mol. The fourth-order valence-electron chi connectivity index (χ4n) is 3.46. The maximum atomic E-state index is 12.1. The first-order chi connectivity index (χ1) is 12.3. The smallest absolute Gasteiger partial charge is 0.274 e. The summed E-state index contributed by atoms with van der Waals surface area (Å²) in [6.45, 7) is 6.78. The van der Waals surface area contributed by atoms with Gasteiger partial charge in [-0.3, -0.25) is 4.79 Å². The van der Waals surface area contributed by atoms with Crippen molar-refractivity contribution in [3.63, 3.8) is 0 Å². The summed E-state index contributed by atoms with van der Waals surface area (Å²) in [4.78, 5) is 18.3. The Hall–Kier alpha value is -2.40. The Labute approximate surface area is 159 Å². The molecule has 2 aromatic rings. The molecule has 5 nitrogen and oxygen atoms in total. The number of anilines is 1. The van der Waals surface area contributed by atoms with Gasteiger partial charge in [0.1, 0.15) is 5.15 Å². The summed E-state index contributed by atoms with van der Waals surface area (Å²) < 4.78 is 0. The number of hydrazone groups is 1. The highest BCUT2D eigenvalue weighted by atomic mass is 35.5. The average Bonchev–Trinajstić information content (AvgIpc) is 2.60. The standard InChI is InChI=1S/C20H23ClN4O/c1-13-11-20(2,3)25(4)17-8-7-14(10-16(13)17)12-23-24-19(26)15-6-5-9-22-18(15)21/h5-10,12-13H,11H2,1-4H3,(H,24,26)/b23-12-. The number of amides is 1. The maximum Gasteiger partial charge on any atom is 0.274 e. The summed E-state index contributed by atoms with van der Waals surface area (Å²) >= 11 is 5.92. The van der Waals surface area contributed by atoms with Crippen molar-refractivity contribution in [2.75, 3.05) is 11.9 Å². The van der Waals surface area contributed by atoms with Crippen LogP contribution in [0.5, 0.6) is 0 Å². The van der Waals surface area contributed by atoms with Gasteiger partial charge in [0.25, 0.3) is 5.91 Å². The van der Waals surface area contributed by atoms with Crippen molar-refractivity contribution in [3.05, 3.63) is 58.4 Å². The molecule has 0 radical (unpaired) electrons. The fourth-order valence-corrected chi connectivity index (χ4v) is 3.66. The van der Waals surface area contributed by atoms with Gasteiger partial charge in [0.15, 0.2) is 0 Å². The lowest BCUT2D eigenvalue weighted by Gasteiger charge is -2.45. The molecule has 1 aromatic carbocycles. The third kappa shape index (κ3) is 3.58. The van der Waals surface area contributed by atoms with Crippen LogP contribution in [-0.4, -0.2) is 29.7 Å². The van der Waals surface area contributed by atoms with Crippen LogP contribution >= 0.6 is 11.6 Å². The van der Waals surface area contributed by atoms with Crippen molar-refractivity contribution in [1.29, 1.82) is 0 Å². The summed E-state index contributed by atoms with van der Waals surface area (Å²) in [6.07, 6.45) is 4.28. The van der Waals surface area contributed by atoms with E-state index in [2.05, 4.69) is 60.4 Å². The largest absolute Gasteiger partial charge is 0.369 e. The van der Waals surface area contributed by atoms with Gasteiger partial charge in [-0.15, -0.1) is 0 Å². The molecule has 1 atom stereocenters. The lowest BCUT2D eigenvalue weighted by molar-refractivity contribution is 0.0955. The monoisotopic (exact) mass is 370 g/mol. The topological polar surface area (TPSA) is 57.6 Å². The minimum Gasteiger partial charge on any atom is -0.369 e. The molecule has 1 aliphatic rings. The zero-order chi connectivity index (χ0) is 18.9. The van der Waals surface area contributed by atoms with Gasteiger partial charge in [-0.25, -0.2) is 10.4 Å². The lowest BCUT2D eigenvalue weighted by Crippen LogP contribution is -2.45. The van der Waals surface area contributed by atoms with Crippen LogP contribution in [0.2, 0.25) is 5.15 Å². The molecule has 0 fully saturated rings. The van der Waals surface area contributed by atoms with E-state index >= 15 is 0 Å². The van der Waals surface area contributed by atoms with Crippen LogP contribution in [0, 0.1) is 0 Å². The van der Waals surface area contributed by atoms with Crippen molar-refractivity contribution in [3.8, 4) is 0 Å². The molecule has 1 N–H and O–H groups in total. The summed E-state index contributed by atoms with van der Waals surface area (Å²) in [5.74, 6) is 0.0838. The van der Waals surface area contributed by atoms with E-state index in [0.717, 1.165) is 12.0 Å². The molecule has 1 unspecified atom stereocenters. The number of hydrogen-bond acceptors (Lipinski definition) is 4. The zero-order valence-electron chi connectivity index (χ0n) is 15.5. The second-order valence-corrected chi connectivity index (χ2v) is 7.69. The number of aromatic nitrogens is 1. The minimum atomic E-state index is -0.382. The summed E-state index contributed by atoms with van der Waals surface area (Å²) in [7, 11) is 2.14. The van der Waals surface area contributed by atoms with Crippen LogP contribution in [0.25, 0.3) is 0 Å². The number of hydrogen-bond donors (Lipinski definition) is 1. The van der Waals surface area contributed by atoms with Gasteiger partial charge in [0.2, 0.25) is 0 Å². The number of carbonyl (C=O) groups excluding carboxylic acids is 1. The van der Waals surface area contributed by atoms with E-state index in [-0.39, 0.29) is 16.6 Å². The Bertz CT molecular complexity index is 863. The van der Waals surface area contributed by atoms with Gasteiger partial charge in [-0.2, -0.15) is 5.10 Å². The summed E-state index contributed by atoms with van der Waals surface area (Å²) in [5, 5.41) is 4.22. The predicted octanol–water partition coefficient (Wildman–Crippen LogP) is 4.22. The molecule has 0 spiro atoms. The van der Waals surface area contributed by atoms with Crippen LogP contribution in [0.3, 0.4) is 0 Å². The summed E-state index contributed by atoms with van der Waals surface area (Å²) in [5.41, 5.74) is 6.43. The first-order valence-corrected chi connectivity index (χ1v) is 8.99. The van der Waals surface area contributed by atoms with E-state index in [9.17, 15) is 4.79 Å². The van der Waals surface area contributed by atoms with Gasteiger partial charge >= 0.3 is 0 Å². The number of carbonyl (C=O) groups is 1. The number of nitrogens with one attached hydrogen (secondary N) is 1. The van der Waals surface area contributed by atoms with E-state index in [1.165, 1.54) is 17.4 Å². The molecule has 6 heteroatoms. The zero-order valence-corrected chi connectivity index (χ0v) is 16.2. The van der Waals surface area contributed by atoms with Crippen LogP contribution in [-0.2, 0) is 0 Å². The highest BCUT2D eigenvalue weighted by molar-refractivity contribution is 6.32. The Morgan fingerprint density at radius 1 is 1.42 bits per heavy atom. The van der Waals surface area contributed by atoms with Gasteiger partial charge in [0, 0.05) is 24.5 Å². The molecule has 0 bridgehead atoms. The van der Waals surface area contributed by atoms with Gasteiger partial charge in [0.05, 0.1) is 11.8 Å². The maximum absolute atomic E-state index is 12.1. The molecular formula is C20H23ClN4O. The molecule has 1 amide bonds. The summed E-state index contributed by atoms with van der Waals surface area (Å²) in [6, 6.07) is 9.54. The van der Waals surface area contributed by atoms with E-state index in [1.807, 2.05) is 6.07 Å². The number of benzene rings is 1. The van der Waals surface area contributed by atoms with E-state index < -0.39 is 0 Å². The first-order valence-electron chi connectivity index (χ1n) is 8.61. The number of nitrogens with zero attached hydrogens (tertiary/aromatic N) is 3. The van der Waals surface area contributed by atoms with Crippen LogP contribution < -0.4 is 10.3 Å². The van der Waals surface area contributed by atoms with E-state index in [0.29, 0.717) is 11.5 Å². The Morgan fingerprint density at radius 2 is 2.19 bits per heavy atom. The van der Waals surface area contributed by atoms with E-state index in [4.69, 9.17) is 11.6 Å². The molecule has 2 heterocycles.